The third kappa shape index (κ3) is 2.12. The Morgan fingerprint density at radius 3 is 2.79 bits per heavy atom. The number of aryl methyl sites for hydroxylation is 1. The molecule has 1 aromatic heterocycles. The van der Waals surface area contributed by atoms with E-state index in [1.165, 1.54) is 0 Å². The minimum Gasteiger partial charge on any atom is -0.454 e. The van der Waals surface area contributed by atoms with E-state index in [0.29, 0.717) is 22.9 Å². The Balaban J connectivity index is 1.83. The Bertz CT molecular complexity index is 699. The van der Waals surface area contributed by atoms with E-state index in [2.05, 4.69) is 9.97 Å². The highest BCUT2D eigenvalue weighted by Crippen LogP contribution is 2.32. The lowest BCUT2D eigenvalue weighted by molar-refractivity contribution is 0.0988. The number of fused-ring (bicyclic) bond motifs is 1. The van der Waals surface area contributed by atoms with Gasteiger partial charge >= 0.3 is 5.69 Å². The molecule has 1 aliphatic rings. The van der Waals surface area contributed by atoms with Crippen LogP contribution in [0.2, 0.25) is 0 Å². The molecule has 1 aromatic carbocycles. The number of H-pyrrole nitrogens is 2. The summed E-state index contributed by atoms with van der Waals surface area (Å²) >= 11 is 0. The minimum absolute atomic E-state index is 0.144. The maximum Gasteiger partial charge on any atom is 0.323 e. The molecule has 0 saturated heterocycles. The highest BCUT2D eigenvalue weighted by atomic mass is 16.7. The molecule has 2 aromatic rings. The second-order valence-corrected chi connectivity index (χ2v) is 4.37. The summed E-state index contributed by atoms with van der Waals surface area (Å²) in [5.41, 5.74) is 1.32. The number of carbonyl (C=O) groups excluding carboxylic acids is 1. The maximum absolute atomic E-state index is 12.1. The van der Waals surface area contributed by atoms with Gasteiger partial charge in [0.2, 0.25) is 6.79 Å². The fourth-order valence-corrected chi connectivity index (χ4v) is 2.07. The van der Waals surface area contributed by atoms with Crippen LogP contribution in [0.3, 0.4) is 0 Å². The number of nitrogens with one attached hydrogen (secondary N) is 2. The van der Waals surface area contributed by atoms with Gasteiger partial charge in [-0.1, -0.05) is 6.07 Å². The molecular formula is C13H12N2O4. The van der Waals surface area contributed by atoms with Gasteiger partial charge in [-0.05, 0) is 24.6 Å². The molecule has 0 unspecified atom stereocenters. The zero-order valence-electron chi connectivity index (χ0n) is 10.3. The molecule has 2 heterocycles. The summed E-state index contributed by atoms with van der Waals surface area (Å²) in [5, 5.41) is 0. The monoisotopic (exact) mass is 260 g/mol. The van der Waals surface area contributed by atoms with Crippen LogP contribution in [0, 0.1) is 6.92 Å². The van der Waals surface area contributed by atoms with E-state index < -0.39 is 0 Å². The van der Waals surface area contributed by atoms with Gasteiger partial charge in [-0.15, -0.1) is 0 Å². The van der Waals surface area contributed by atoms with E-state index >= 15 is 0 Å². The first-order valence-corrected chi connectivity index (χ1v) is 5.84. The van der Waals surface area contributed by atoms with Gasteiger partial charge in [-0.2, -0.15) is 0 Å². The number of ketones is 1. The third-order valence-electron chi connectivity index (χ3n) is 3.00. The lowest BCUT2D eigenvalue weighted by Gasteiger charge is -2.02. The Morgan fingerprint density at radius 1 is 1.26 bits per heavy atom. The van der Waals surface area contributed by atoms with Crippen LogP contribution >= 0.6 is 0 Å². The van der Waals surface area contributed by atoms with Crippen LogP contribution in [0.1, 0.15) is 21.7 Å². The number of hydrogen-bond donors (Lipinski definition) is 2. The van der Waals surface area contributed by atoms with Crippen molar-refractivity contribution in [3.63, 3.8) is 0 Å². The summed E-state index contributed by atoms with van der Waals surface area (Å²) < 4.78 is 10.5. The summed E-state index contributed by atoms with van der Waals surface area (Å²) in [6.45, 7) is 1.89. The van der Waals surface area contributed by atoms with Gasteiger partial charge < -0.3 is 19.4 Å². The van der Waals surface area contributed by atoms with Crippen LogP contribution in [0.4, 0.5) is 0 Å². The Kier molecular flexibility index (Phi) is 2.63. The molecule has 0 fully saturated rings. The average molecular weight is 260 g/mol. The number of rotatable bonds is 3. The maximum atomic E-state index is 12.1. The summed E-state index contributed by atoms with van der Waals surface area (Å²) in [6.07, 6.45) is 0.200. The number of benzene rings is 1. The van der Waals surface area contributed by atoms with Crippen LogP contribution in [0.15, 0.2) is 23.0 Å². The third-order valence-corrected chi connectivity index (χ3v) is 3.00. The fraction of sp³-hybridized carbons (Fsp3) is 0.231. The van der Waals surface area contributed by atoms with Crippen LogP contribution in [-0.4, -0.2) is 22.5 Å². The Hall–Kier alpha value is -2.50. The lowest BCUT2D eigenvalue weighted by atomic mass is 10.1. The van der Waals surface area contributed by atoms with Crippen molar-refractivity contribution in [1.29, 1.82) is 0 Å². The summed E-state index contributed by atoms with van der Waals surface area (Å²) in [4.78, 5) is 28.2. The van der Waals surface area contributed by atoms with Gasteiger partial charge in [0.1, 0.15) is 5.69 Å². The largest absolute Gasteiger partial charge is 0.454 e. The molecule has 0 radical (unpaired) electrons. The van der Waals surface area contributed by atoms with E-state index in [0.717, 1.165) is 5.56 Å². The Morgan fingerprint density at radius 2 is 2.05 bits per heavy atom. The average Bonchev–Trinajstić information content (AvgIpc) is 2.94. The second-order valence-electron chi connectivity index (χ2n) is 4.37. The molecule has 19 heavy (non-hydrogen) atoms. The van der Waals surface area contributed by atoms with E-state index in [1.54, 1.807) is 19.1 Å². The van der Waals surface area contributed by atoms with Crippen molar-refractivity contribution < 1.29 is 14.3 Å². The molecule has 3 rings (SSSR count). The predicted octanol–water partition coefficient (Wildman–Crippen LogP) is 1.17. The topological polar surface area (TPSA) is 84.2 Å². The number of aromatic amines is 2. The van der Waals surface area contributed by atoms with Gasteiger partial charge in [0.15, 0.2) is 17.3 Å². The molecule has 0 bridgehead atoms. The highest BCUT2D eigenvalue weighted by molar-refractivity contribution is 5.96. The summed E-state index contributed by atoms with van der Waals surface area (Å²) in [5.74, 6) is 1.18. The number of ether oxygens (including phenoxy) is 2. The van der Waals surface area contributed by atoms with Crippen molar-refractivity contribution in [2.75, 3.05) is 6.79 Å². The zero-order valence-corrected chi connectivity index (χ0v) is 10.3. The number of hydrogen-bond acceptors (Lipinski definition) is 4. The second kappa shape index (κ2) is 4.31. The fourth-order valence-electron chi connectivity index (χ4n) is 2.07. The van der Waals surface area contributed by atoms with Crippen LogP contribution in [0.25, 0.3) is 0 Å². The van der Waals surface area contributed by atoms with Crippen molar-refractivity contribution in [2.24, 2.45) is 0 Å². The van der Waals surface area contributed by atoms with Gasteiger partial charge in [-0.3, -0.25) is 4.79 Å². The standard InChI is InChI=1S/C13H12N2O4/c1-7-12(15-13(17)14-7)9(16)4-8-2-3-10-11(5-8)19-6-18-10/h2-3,5H,4,6H2,1H3,(H2,14,15,17). The SMILES string of the molecule is Cc1[nH]c(=O)[nH]c1C(=O)Cc1ccc2c(c1)OCO2. The van der Waals surface area contributed by atoms with Crippen molar-refractivity contribution in [2.45, 2.75) is 13.3 Å². The molecule has 0 atom stereocenters. The lowest BCUT2D eigenvalue weighted by Crippen LogP contribution is -2.08. The van der Waals surface area contributed by atoms with E-state index in [1.807, 2.05) is 6.07 Å². The van der Waals surface area contributed by atoms with Gasteiger partial charge in [0.25, 0.3) is 0 Å². The molecule has 2 N–H and O–H groups in total. The molecule has 6 heteroatoms. The quantitative estimate of drug-likeness (QED) is 0.811. The number of imidazole rings is 1. The summed E-state index contributed by atoms with van der Waals surface area (Å²) in [6, 6.07) is 5.36. The van der Waals surface area contributed by atoms with E-state index in [-0.39, 0.29) is 24.7 Å². The van der Waals surface area contributed by atoms with Gasteiger partial charge in [0.05, 0.1) is 0 Å². The smallest absolute Gasteiger partial charge is 0.323 e. The summed E-state index contributed by atoms with van der Waals surface area (Å²) in [7, 11) is 0. The number of Topliss-reactive ketones (excluding diaryl/α,β-unsaturated/α-hetero) is 1. The van der Waals surface area contributed by atoms with Crippen molar-refractivity contribution in [3.8, 4) is 11.5 Å². The van der Waals surface area contributed by atoms with E-state index in [9.17, 15) is 9.59 Å². The first-order valence-electron chi connectivity index (χ1n) is 5.84. The zero-order chi connectivity index (χ0) is 13.4. The molecule has 0 saturated carbocycles. The van der Waals surface area contributed by atoms with Gasteiger partial charge in [0, 0.05) is 12.1 Å². The number of aromatic nitrogens is 2. The van der Waals surface area contributed by atoms with Crippen LogP contribution in [0.5, 0.6) is 11.5 Å². The molecule has 0 aliphatic carbocycles. The predicted molar refractivity (Wildman–Crippen MR) is 66.7 cm³/mol. The Labute approximate surface area is 108 Å². The number of carbonyl (C=O) groups is 1. The first kappa shape index (κ1) is 11.6. The molecule has 0 amide bonds. The molecule has 1 aliphatic heterocycles. The molecule has 98 valence electrons. The van der Waals surface area contributed by atoms with Crippen molar-refractivity contribution in [3.05, 3.63) is 45.6 Å². The first-order chi connectivity index (χ1) is 9.13. The minimum atomic E-state index is -0.369. The van der Waals surface area contributed by atoms with E-state index in [4.69, 9.17) is 9.47 Å². The van der Waals surface area contributed by atoms with Crippen molar-refractivity contribution >= 4 is 5.78 Å². The highest BCUT2D eigenvalue weighted by Gasteiger charge is 2.17. The van der Waals surface area contributed by atoms with Crippen molar-refractivity contribution in [1.82, 2.24) is 9.97 Å². The molecular weight excluding hydrogens is 248 g/mol. The molecule has 6 nitrogen and oxygen atoms in total. The normalized spacial score (nSPS) is 12.7. The van der Waals surface area contributed by atoms with Gasteiger partial charge in [-0.25, -0.2) is 4.79 Å². The van der Waals surface area contributed by atoms with Crippen LogP contribution < -0.4 is 15.2 Å². The molecule has 0 spiro atoms. The van der Waals surface area contributed by atoms with Crippen LogP contribution in [-0.2, 0) is 6.42 Å².